The summed E-state index contributed by atoms with van der Waals surface area (Å²) in [5.41, 5.74) is 2.39. The summed E-state index contributed by atoms with van der Waals surface area (Å²) in [5, 5.41) is 3.21. The summed E-state index contributed by atoms with van der Waals surface area (Å²) in [5.74, 6) is -0.197. The van der Waals surface area contributed by atoms with Crippen molar-refractivity contribution in [1.82, 2.24) is 13.9 Å². The second-order valence-electron chi connectivity index (χ2n) is 7.45. The van der Waals surface area contributed by atoms with E-state index in [2.05, 4.69) is 10.3 Å². The van der Waals surface area contributed by atoms with E-state index in [-0.39, 0.29) is 18.0 Å². The van der Waals surface area contributed by atoms with Crippen LogP contribution in [-0.4, -0.2) is 41.3 Å². The zero-order chi connectivity index (χ0) is 24.1. The van der Waals surface area contributed by atoms with Gasteiger partial charge < -0.3 is 0 Å². The number of carbonyl (C=O) groups is 1. The van der Waals surface area contributed by atoms with Crippen molar-refractivity contribution in [1.29, 1.82) is 0 Å². The van der Waals surface area contributed by atoms with E-state index in [0.29, 0.717) is 16.7 Å². The highest BCUT2D eigenvalue weighted by Crippen LogP contribution is 2.24. The monoisotopic (exact) mass is 494 g/mol. The number of nitrogens with one attached hydrogen (secondary N) is 1. The lowest BCUT2D eigenvalue weighted by Gasteiger charge is -2.20. The topological polar surface area (TPSA) is 84.3 Å². The maximum atomic E-state index is 13.0. The van der Waals surface area contributed by atoms with Crippen LogP contribution in [0.1, 0.15) is 6.92 Å². The Morgan fingerprint density at radius 1 is 0.971 bits per heavy atom. The van der Waals surface area contributed by atoms with Crippen molar-refractivity contribution in [3.63, 3.8) is 0 Å². The summed E-state index contributed by atoms with van der Waals surface area (Å²) < 4.78 is 28.9. The molecule has 3 aromatic carbocycles. The first-order chi connectivity index (χ1) is 16.4. The fraction of sp³-hybridized carbons (Fsp3) is 0.120. The highest BCUT2D eigenvalue weighted by molar-refractivity contribution is 7.89. The first-order valence-corrected chi connectivity index (χ1v) is 12.5. The molecule has 174 valence electrons. The molecule has 4 rings (SSSR count). The Morgan fingerprint density at radius 3 is 2.21 bits per heavy atom. The Labute approximate surface area is 203 Å². The summed E-state index contributed by atoms with van der Waals surface area (Å²) in [6.07, 6.45) is 1.84. The van der Waals surface area contributed by atoms with Crippen molar-refractivity contribution < 1.29 is 13.2 Å². The molecular formula is C25H23ClN4O3S. The van der Waals surface area contributed by atoms with Gasteiger partial charge in [-0.05, 0) is 36.4 Å². The second kappa shape index (κ2) is 10.2. The van der Waals surface area contributed by atoms with Crippen LogP contribution < -0.4 is 5.32 Å². The van der Waals surface area contributed by atoms with E-state index < -0.39 is 15.9 Å². The van der Waals surface area contributed by atoms with E-state index in [1.807, 2.05) is 66.9 Å². The fourth-order valence-electron chi connectivity index (χ4n) is 3.45. The number of para-hydroxylation sites is 1. The highest BCUT2D eigenvalue weighted by Gasteiger charge is 2.26. The third-order valence-corrected chi connectivity index (χ3v) is 7.37. The average Bonchev–Trinajstić information content (AvgIpc) is 3.27. The third-order valence-electron chi connectivity index (χ3n) is 5.19. The van der Waals surface area contributed by atoms with Crippen LogP contribution in [0.5, 0.6) is 0 Å². The number of amides is 1. The number of aromatic nitrogens is 2. The van der Waals surface area contributed by atoms with E-state index in [0.717, 1.165) is 15.6 Å². The molecule has 1 N–H and O–H groups in total. The van der Waals surface area contributed by atoms with Gasteiger partial charge in [-0.15, -0.1) is 0 Å². The molecule has 0 spiro atoms. The van der Waals surface area contributed by atoms with Crippen molar-refractivity contribution in [3.8, 4) is 16.9 Å². The van der Waals surface area contributed by atoms with Gasteiger partial charge in [-0.25, -0.2) is 13.4 Å². The molecular weight excluding hydrogens is 472 g/mol. The molecule has 0 aliphatic carbocycles. The number of hydrogen-bond donors (Lipinski definition) is 1. The number of imidazole rings is 1. The van der Waals surface area contributed by atoms with Gasteiger partial charge in [-0.2, -0.15) is 4.31 Å². The van der Waals surface area contributed by atoms with E-state index in [1.165, 1.54) is 24.3 Å². The lowest BCUT2D eigenvalue weighted by atomic mass is 10.2. The van der Waals surface area contributed by atoms with Gasteiger partial charge in [0.2, 0.25) is 21.9 Å². The SMILES string of the molecule is CCN(CC(=O)Nc1nc(-c2ccccc2)cn1-c1ccccc1)S(=O)(=O)c1ccc(Cl)cc1. The minimum Gasteiger partial charge on any atom is -0.294 e. The van der Waals surface area contributed by atoms with Crippen LogP contribution in [0, 0.1) is 0 Å². The average molecular weight is 495 g/mol. The number of likely N-dealkylation sites (N-methyl/N-ethyl adjacent to an activating group) is 1. The Kier molecular flexibility index (Phi) is 7.12. The Morgan fingerprint density at radius 2 is 1.59 bits per heavy atom. The number of rotatable bonds is 8. The molecule has 0 radical (unpaired) electrons. The Bertz CT molecular complexity index is 1370. The molecule has 1 aromatic heterocycles. The Balaban J connectivity index is 1.60. The quantitative estimate of drug-likeness (QED) is 0.380. The van der Waals surface area contributed by atoms with Gasteiger partial charge in [0, 0.05) is 29.0 Å². The summed E-state index contributed by atoms with van der Waals surface area (Å²) in [7, 11) is -3.87. The minimum absolute atomic E-state index is 0.0729. The van der Waals surface area contributed by atoms with Crippen LogP contribution in [0.3, 0.4) is 0 Å². The number of hydrogen-bond acceptors (Lipinski definition) is 4. The maximum Gasteiger partial charge on any atom is 0.243 e. The van der Waals surface area contributed by atoms with Gasteiger partial charge in [0.25, 0.3) is 0 Å². The number of carbonyl (C=O) groups excluding carboxylic acids is 1. The number of benzene rings is 3. The van der Waals surface area contributed by atoms with Gasteiger partial charge in [0.15, 0.2) is 0 Å². The van der Waals surface area contributed by atoms with Crippen LogP contribution in [-0.2, 0) is 14.8 Å². The van der Waals surface area contributed by atoms with Crippen LogP contribution in [0.2, 0.25) is 5.02 Å². The molecule has 0 aliphatic rings. The molecule has 0 unspecified atom stereocenters. The summed E-state index contributed by atoms with van der Waals surface area (Å²) in [4.78, 5) is 17.6. The standard InChI is InChI=1S/C25H23ClN4O3S/c1-2-29(34(32,33)22-15-13-20(26)14-16-22)18-24(31)28-25-27-23(19-9-5-3-6-10-19)17-30(25)21-11-7-4-8-12-21/h3-17H,2,18H2,1H3,(H,27,28,31). The van der Waals surface area contributed by atoms with Crippen molar-refractivity contribution in [3.05, 3.63) is 96.1 Å². The molecule has 0 saturated heterocycles. The van der Waals surface area contributed by atoms with Gasteiger partial charge >= 0.3 is 0 Å². The first-order valence-electron chi connectivity index (χ1n) is 10.6. The van der Waals surface area contributed by atoms with E-state index in [9.17, 15) is 13.2 Å². The molecule has 7 nitrogen and oxygen atoms in total. The van der Waals surface area contributed by atoms with Gasteiger partial charge in [-0.3, -0.25) is 14.7 Å². The van der Waals surface area contributed by atoms with Crippen LogP contribution in [0.4, 0.5) is 5.95 Å². The molecule has 34 heavy (non-hydrogen) atoms. The minimum atomic E-state index is -3.87. The predicted molar refractivity (Wildman–Crippen MR) is 134 cm³/mol. The molecule has 9 heteroatoms. The third kappa shape index (κ3) is 5.20. The molecule has 0 atom stereocenters. The highest BCUT2D eigenvalue weighted by atomic mass is 35.5. The number of anilines is 1. The fourth-order valence-corrected chi connectivity index (χ4v) is 4.98. The maximum absolute atomic E-state index is 13.0. The van der Waals surface area contributed by atoms with Gasteiger partial charge in [0.1, 0.15) is 0 Å². The molecule has 0 fully saturated rings. The summed E-state index contributed by atoms with van der Waals surface area (Å²) >= 11 is 5.88. The summed E-state index contributed by atoms with van der Waals surface area (Å²) in [6.45, 7) is 1.45. The molecule has 0 saturated carbocycles. The number of halogens is 1. The van der Waals surface area contributed by atoms with Crippen molar-refractivity contribution in [2.75, 3.05) is 18.4 Å². The van der Waals surface area contributed by atoms with Crippen molar-refractivity contribution in [2.24, 2.45) is 0 Å². The predicted octanol–water partition coefficient (Wildman–Crippen LogP) is 4.84. The van der Waals surface area contributed by atoms with Crippen molar-refractivity contribution in [2.45, 2.75) is 11.8 Å². The first kappa shape index (κ1) is 23.7. The van der Waals surface area contributed by atoms with Crippen LogP contribution in [0.15, 0.2) is 96.0 Å². The number of sulfonamides is 1. The van der Waals surface area contributed by atoms with E-state index >= 15 is 0 Å². The van der Waals surface area contributed by atoms with Crippen LogP contribution >= 0.6 is 11.6 Å². The van der Waals surface area contributed by atoms with Gasteiger partial charge in [0.05, 0.1) is 17.1 Å². The second-order valence-corrected chi connectivity index (χ2v) is 9.83. The normalized spacial score (nSPS) is 11.5. The lowest BCUT2D eigenvalue weighted by Crippen LogP contribution is -2.38. The zero-order valence-corrected chi connectivity index (χ0v) is 20.0. The van der Waals surface area contributed by atoms with E-state index in [1.54, 1.807) is 11.5 Å². The Hall–Kier alpha value is -3.46. The summed E-state index contributed by atoms with van der Waals surface area (Å²) in [6, 6.07) is 24.9. The smallest absolute Gasteiger partial charge is 0.243 e. The molecule has 0 bridgehead atoms. The lowest BCUT2D eigenvalue weighted by molar-refractivity contribution is -0.116. The van der Waals surface area contributed by atoms with Crippen molar-refractivity contribution >= 4 is 33.5 Å². The van der Waals surface area contributed by atoms with E-state index in [4.69, 9.17) is 11.6 Å². The van der Waals surface area contributed by atoms with Crippen LogP contribution in [0.25, 0.3) is 16.9 Å². The van der Waals surface area contributed by atoms with Gasteiger partial charge in [-0.1, -0.05) is 67.1 Å². The largest absolute Gasteiger partial charge is 0.294 e. The molecule has 1 heterocycles. The number of nitrogens with zero attached hydrogens (tertiary/aromatic N) is 3. The molecule has 0 aliphatic heterocycles. The molecule has 4 aromatic rings. The molecule has 1 amide bonds. The zero-order valence-electron chi connectivity index (χ0n) is 18.4.